The highest BCUT2D eigenvalue weighted by Gasteiger charge is 2.31. The van der Waals surface area contributed by atoms with E-state index in [2.05, 4.69) is 15.6 Å². The van der Waals surface area contributed by atoms with Crippen molar-refractivity contribution < 1.29 is 44.7 Å². The van der Waals surface area contributed by atoms with Crippen LogP contribution >= 0.6 is 0 Å². The van der Waals surface area contributed by atoms with Crippen LogP contribution in [-0.4, -0.2) is 92.9 Å². The Kier molecular flexibility index (Phi) is 9.89. The van der Waals surface area contributed by atoms with Crippen molar-refractivity contribution in [1.82, 2.24) is 15.5 Å². The van der Waals surface area contributed by atoms with Crippen LogP contribution in [-0.2, 0) is 9.53 Å². The summed E-state index contributed by atoms with van der Waals surface area (Å²) in [5.41, 5.74) is 0.186. The Morgan fingerprint density at radius 1 is 0.744 bits per heavy atom. The van der Waals surface area contributed by atoms with Crippen LogP contribution in [0, 0.1) is 0 Å². The van der Waals surface area contributed by atoms with Crippen LogP contribution in [0.2, 0.25) is 0 Å². The second-order valence-electron chi connectivity index (χ2n) is 9.67. The van der Waals surface area contributed by atoms with Gasteiger partial charge in [-0.05, 0) is 49.2 Å². The summed E-state index contributed by atoms with van der Waals surface area (Å²) >= 11 is 0. The van der Waals surface area contributed by atoms with E-state index in [0.29, 0.717) is 18.4 Å². The van der Waals surface area contributed by atoms with Gasteiger partial charge in [0.15, 0.2) is 29.0 Å². The number of carbonyl (C=O) groups is 3. The molecular weight excluding hydrogens is 560 g/mol. The fourth-order valence-corrected chi connectivity index (χ4v) is 4.41. The molecule has 3 aromatic carbocycles. The summed E-state index contributed by atoms with van der Waals surface area (Å²) in [4.78, 5) is 44.2. The number of aromatic hydroxyl groups is 5. The lowest BCUT2D eigenvalue weighted by molar-refractivity contribution is -0.132. The molecule has 0 spiro atoms. The van der Waals surface area contributed by atoms with Crippen molar-refractivity contribution in [3.05, 3.63) is 77.4 Å². The van der Waals surface area contributed by atoms with E-state index in [1.165, 1.54) is 47.4 Å². The van der Waals surface area contributed by atoms with Gasteiger partial charge >= 0.3 is 0 Å². The van der Waals surface area contributed by atoms with Gasteiger partial charge in [-0.3, -0.25) is 14.4 Å². The minimum Gasteiger partial charge on any atom is -0.507 e. The van der Waals surface area contributed by atoms with Gasteiger partial charge in [0, 0.05) is 26.2 Å². The third-order valence-corrected chi connectivity index (χ3v) is 6.68. The lowest BCUT2D eigenvalue weighted by Crippen LogP contribution is -2.42. The molecule has 0 fully saturated rings. The smallest absolute Gasteiger partial charge is 0.255 e. The SMILES string of the molecule is O=C(NCCCN(CCCNC(=O)c1cccc(O)c1O)C(=O)C1COC(c2ccccc2O)=N1)c1cccc(O)c1O. The summed E-state index contributed by atoms with van der Waals surface area (Å²) in [7, 11) is 0. The van der Waals surface area contributed by atoms with Gasteiger partial charge in [0.25, 0.3) is 17.7 Å². The molecule has 1 atom stereocenters. The normalized spacial score (nSPS) is 14.0. The number of nitrogens with one attached hydrogen (secondary N) is 2. The van der Waals surface area contributed by atoms with Crippen LogP contribution in [0.3, 0.4) is 0 Å². The Labute approximate surface area is 246 Å². The first-order valence-corrected chi connectivity index (χ1v) is 13.5. The fourth-order valence-electron chi connectivity index (χ4n) is 4.41. The largest absolute Gasteiger partial charge is 0.507 e. The van der Waals surface area contributed by atoms with Gasteiger partial charge in [0.1, 0.15) is 12.4 Å². The number of hydrogen-bond acceptors (Lipinski definition) is 10. The molecule has 3 amide bonds. The average molecular weight is 593 g/mol. The second-order valence-corrected chi connectivity index (χ2v) is 9.67. The number of amides is 3. The number of para-hydroxylation sites is 3. The van der Waals surface area contributed by atoms with Crippen molar-refractivity contribution in [3.63, 3.8) is 0 Å². The Bertz CT molecular complexity index is 1450. The van der Waals surface area contributed by atoms with Crippen LogP contribution in [0.25, 0.3) is 0 Å². The molecule has 4 rings (SSSR count). The van der Waals surface area contributed by atoms with Gasteiger partial charge in [-0.15, -0.1) is 0 Å². The molecule has 226 valence electrons. The number of rotatable bonds is 12. The molecule has 1 aliphatic heterocycles. The molecule has 3 aromatic rings. The standard InChI is InChI=1S/C30H32N4O9/c35-22-10-2-1-7-18(22)29-33-21(17-43-29)30(42)34(15-5-13-31-27(40)19-8-3-11-23(36)25(19)38)16-6-14-32-28(41)20-9-4-12-24(37)26(20)39/h1-4,7-12,21,35-39H,5-6,13-17H2,(H,31,40)(H,32,41). The number of hydrogen-bond donors (Lipinski definition) is 7. The van der Waals surface area contributed by atoms with Gasteiger partial charge in [-0.25, -0.2) is 4.99 Å². The van der Waals surface area contributed by atoms with Crippen molar-refractivity contribution in [1.29, 1.82) is 0 Å². The molecule has 0 saturated carbocycles. The van der Waals surface area contributed by atoms with E-state index in [4.69, 9.17) is 4.74 Å². The van der Waals surface area contributed by atoms with E-state index in [-0.39, 0.29) is 61.5 Å². The Hall–Kier alpha value is -5.46. The molecule has 7 N–H and O–H groups in total. The van der Waals surface area contributed by atoms with Crippen molar-refractivity contribution in [2.75, 3.05) is 32.8 Å². The number of phenols is 5. The van der Waals surface area contributed by atoms with Crippen molar-refractivity contribution in [2.45, 2.75) is 18.9 Å². The average Bonchev–Trinajstić information content (AvgIpc) is 3.49. The third kappa shape index (κ3) is 7.44. The predicted octanol–water partition coefficient (Wildman–Crippen LogP) is 1.83. The number of aliphatic imine (C=N–C) groups is 1. The van der Waals surface area contributed by atoms with Crippen molar-refractivity contribution in [3.8, 4) is 28.7 Å². The predicted molar refractivity (Wildman–Crippen MR) is 154 cm³/mol. The summed E-state index contributed by atoms with van der Waals surface area (Å²) in [6, 6.07) is 13.7. The van der Waals surface area contributed by atoms with E-state index >= 15 is 0 Å². The van der Waals surface area contributed by atoms with E-state index in [1.54, 1.807) is 18.2 Å². The van der Waals surface area contributed by atoms with E-state index in [9.17, 15) is 39.9 Å². The van der Waals surface area contributed by atoms with Crippen molar-refractivity contribution in [2.24, 2.45) is 4.99 Å². The molecule has 1 heterocycles. The van der Waals surface area contributed by atoms with Crippen LogP contribution in [0.4, 0.5) is 0 Å². The van der Waals surface area contributed by atoms with Gasteiger partial charge in [-0.2, -0.15) is 0 Å². The zero-order valence-electron chi connectivity index (χ0n) is 23.1. The molecule has 0 radical (unpaired) electrons. The molecule has 0 saturated heterocycles. The number of nitrogens with zero attached hydrogens (tertiary/aromatic N) is 2. The molecule has 13 heteroatoms. The van der Waals surface area contributed by atoms with Crippen LogP contribution in [0.15, 0.2) is 65.7 Å². The molecule has 0 bridgehead atoms. The molecular formula is C30H32N4O9. The highest BCUT2D eigenvalue weighted by molar-refractivity contribution is 6.00. The number of benzene rings is 3. The van der Waals surface area contributed by atoms with Crippen LogP contribution < -0.4 is 10.6 Å². The molecule has 1 aliphatic rings. The maximum atomic E-state index is 13.5. The molecule has 0 aromatic heterocycles. The quantitative estimate of drug-likeness (QED) is 0.121. The highest BCUT2D eigenvalue weighted by Crippen LogP contribution is 2.29. The number of ether oxygens (including phenoxy) is 1. The first kappa shape index (κ1) is 30.5. The summed E-state index contributed by atoms with van der Waals surface area (Å²) in [5, 5.41) is 54.5. The second kappa shape index (κ2) is 13.9. The van der Waals surface area contributed by atoms with Gasteiger partial charge < -0.3 is 45.8 Å². The zero-order valence-corrected chi connectivity index (χ0v) is 23.1. The van der Waals surface area contributed by atoms with E-state index in [0.717, 1.165) is 0 Å². The maximum Gasteiger partial charge on any atom is 0.255 e. The third-order valence-electron chi connectivity index (χ3n) is 6.68. The van der Waals surface area contributed by atoms with Gasteiger partial charge in [0.05, 0.1) is 16.7 Å². The Morgan fingerprint density at radius 3 is 1.79 bits per heavy atom. The first-order valence-electron chi connectivity index (χ1n) is 13.5. The molecule has 1 unspecified atom stereocenters. The first-order chi connectivity index (χ1) is 20.7. The summed E-state index contributed by atoms with van der Waals surface area (Å²) in [5.74, 6) is -3.32. The van der Waals surface area contributed by atoms with Crippen LogP contribution in [0.5, 0.6) is 28.7 Å². The lowest BCUT2D eigenvalue weighted by atomic mass is 10.1. The van der Waals surface area contributed by atoms with E-state index in [1.807, 2.05) is 0 Å². The van der Waals surface area contributed by atoms with Gasteiger partial charge in [-0.1, -0.05) is 24.3 Å². The number of carbonyl (C=O) groups excluding carboxylic acids is 3. The van der Waals surface area contributed by atoms with Crippen molar-refractivity contribution >= 4 is 23.6 Å². The maximum absolute atomic E-state index is 13.5. The fraction of sp³-hybridized carbons (Fsp3) is 0.267. The summed E-state index contributed by atoms with van der Waals surface area (Å²) < 4.78 is 5.60. The minimum atomic E-state index is -0.868. The summed E-state index contributed by atoms with van der Waals surface area (Å²) in [6.45, 7) is 0.701. The monoisotopic (exact) mass is 592 g/mol. The summed E-state index contributed by atoms with van der Waals surface area (Å²) in [6.07, 6.45) is 0.675. The topological polar surface area (TPSA) is 201 Å². The Morgan fingerprint density at radius 2 is 1.26 bits per heavy atom. The van der Waals surface area contributed by atoms with Crippen LogP contribution in [0.1, 0.15) is 39.1 Å². The van der Waals surface area contributed by atoms with E-state index < -0.39 is 40.9 Å². The number of phenolic OH excluding ortho intramolecular Hbond substituents is 5. The van der Waals surface area contributed by atoms with Gasteiger partial charge in [0.2, 0.25) is 5.90 Å². The Balaban J connectivity index is 1.37. The lowest BCUT2D eigenvalue weighted by Gasteiger charge is -2.24. The molecule has 0 aliphatic carbocycles. The molecule has 13 nitrogen and oxygen atoms in total. The zero-order chi connectivity index (χ0) is 30.9. The highest BCUT2D eigenvalue weighted by atomic mass is 16.5. The minimum absolute atomic E-state index is 0.0278. The molecule has 43 heavy (non-hydrogen) atoms.